The first kappa shape index (κ1) is 14.5. The minimum atomic E-state index is -0.834. The molecule has 0 aromatic carbocycles. The molecule has 4 heteroatoms. The van der Waals surface area contributed by atoms with Crippen molar-refractivity contribution < 1.29 is 9.90 Å². The van der Waals surface area contributed by atoms with Gasteiger partial charge in [-0.25, -0.2) is 0 Å². The van der Waals surface area contributed by atoms with Crippen LogP contribution < -0.4 is 5.32 Å². The number of nitrogens with one attached hydrogen (secondary N) is 1. The number of aliphatic carboxylic acids is 1. The van der Waals surface area contributed by atoms with E-state index in [2.05, 4.69) is 5.32 Å². The van der Waals surface area contributed by atoms with E-state index in [0.717, 1.165) is 5.57 Å². The third-order valence-corrected chi connectivity index (χ3v) is 3.47. The normalized spacial score (nSPS) is 14.1. The summed E-state index contributed by atoms with van der Waals surface area (Å²) in [6.45, 7) is 9.66. The molecule has 0 saturated heterocycles. The Morgan fingerprint density at radius 1 is 1.40 bits per heavy atom. The molecule has 0 aliphatic heterocycles. The fraction of sp³-hybridized carbons (Fsp3) is 0.727. The number of halogens is 1. The van der Waals surface area contributed by atoms with Crippen molar-refractivity contribution in [3.63, 3.8) is 0 Å². The van der Waals surface area contributed by atoms with Crippen LogP contribution >= 0.6 is 11.6 Å². The topological polar surface area (TPSA) is 49.3 Å². The number of carboxylic acids is 1. The second-order valence-electron chi connectivity index (χ2n) is 4.86. The molecule has 0 aliphatic carbocycles. The van der Waals surface area contributed by atoms with Crippen molar-refractivity contribution in [2.75, 3.05) is 6.54 Å². The van der Waals surface area contributed by atoms with Crippen LogP contribution in [0, 0.1) is 5.41 Å². The van der Waals surface area contributed by atoms with E-state index in [0.29, 0.717) is 6.54 Å². The van der Waals surface area contributed by atoms with E-state index in [-0.39, 0.29) is 0 Å². The molecule has 0 atom stereocenters. The van der Waals surface area contributed by atoms with Gasteiger partial charge >= 0.3 is 5.97 Å². The summed E-state index contributed by atoms with van der Waals surface area (Å²) in [4.78, 5) is 11.1. The zero-order valence-electron chi connectivity index (χ0n) is 10.0. The third-order valence-electron chi connectivity index (χ3n) is 3.09. The Bertz CT molecular complexity index is 270. The van der Waals surface area contributed by atoms with Gasteiger partial charge in [-0.05, 0) is 40.2 Å². The van der Waals surface area contributed by atoms with Crippen molar-refractivity contribution in [2.45, 2.75) is 40.2 Å². The molecule has 2 N–H and O–H groups in total. The van der Waals surface area contributed by atoms with Crippen molar-refractivity contribution in [2.24, 2.45) is 5.41 Å². The van der Waals surface area contributed by atoms with Gasteiger partial charge < -0.3 is 10.4 Å². The zero-order valence-corrected chi connectivity index (χ0v) is 10.8. The molecule has 0 aromatic rings. The zero-order chi connectivity index (χ0) is 12.3. The number of carbonyl (C=O) groups is 1. The summed E-state index contributed by atoms with van der Waals surface area (Å²) in [7, 11) is 0. The first-order valence-corrected chi connectivity index (χ1v) is 5.33. The van der Waals surface area contributed by atoms with Crippen molar-refractivity contribution in [3.05, 3.63) is 11.1 Å². The molecule has 0 fully saturated rings. The molecule has 0 rings (SSSR count). The van der Waals surface area contributed by atoms with Crippen LogP contribution in [0.2, 0.25) is 0 Å². The molecule has 88 valence electrons. The predicted molar refractivity (Wildman–Crippen MR) is 63.1 cm³/mol. The summed E-state index contributed by atoms with van der Waals surface area (Å²) in [5.74, 6) is -0.812. The average molecular weight is 234 g/mol. The Morgan fingerprint density at radius 2 is 1.87 bits per heavy atom. The Morgan fingerprint density at radius 3 is 2.20 bits per heavy atom. The summed E-state index contributed by atoms with van der Waals surface area (Å²) in [5, 5.41) is 12.3. The van der Waals surface area contributed by atoms with Gasteiger partial charge in [0, 0.05) is 17.6 Å². The molecule has 0 spiro atoms. The average Bonchev–Trinajstić information content (AvgIpc) is 2.13. The summed E-state index contributed by atoms with van der Waals surface area (Å²) in [6, 6.07) is 0. The van der Waals surface area contributed by atoms with Gasteiger partial charge in [0.1, 0.15) is 0 Å². The van der Waals surface area contributed by atoms with Crippen LogP contribution in [0.3, 0.4) is 0 Å². The van der Waals surface area contributed by atoms with Crippen molar-refractivity contribution >= 4 is 17.6 Å². The van der Waals surface area contributed by atoms with Gasteiger partial charge in [0.25, 0.3) is 0 Å². The molecule has 0 saturated carbocycles. The van der Waals surface area contributed by atoms with Crippen molar-refractivity contribution in [1.82, 2.24) is 5.32 Å². The number of hydrogen-bond acceptors (Lipinski definition) is 2. The van der Waals surface area contributed by atoms with E-state index in [4.69, 9.17) is 16.7 Å². The highest BCUT2D eigenvalue weighted by atomic mass is 35.5. The Balaban J connectivity index is 4.62. The first-order chi connectivity index (χ1) is 6.65. The lowest BCUT2D eigenvalue weighted by atomic mass is 9.74. The molecule has 0 unspecified atom stereocenters. The smallest absolute Gasteiger partial charge is 0.310 e. The Hall–Kier alpha value is -0.540. The van der Waals surface area contributed by atoms with E-state index in [1.807, 2.05) is 20.8 Å². The molecular formula is C11H20ClNO2. The molecule has 0 aliphatic rings. The maximum absolute atomic E-state index is 11.1. The predicted octanol–water partition coefficient (Wildman–Crippen LogP) is 2.61. The van der Waals surface area contributed by atoms with Crippen molar-refractivity contribution in [3.8, 4) is 0 Å². The van der Waals surface area contributed by atoms with Crippen LogP contribution in [-0.2, 0) is 4.79 Å². The van der Waals surface area contributed by atoms with Gasteiger partial charge in [0.2, 0.25) is 0 Å². The van der Waals surface area contributed by atoms with Gasteiger partial charge in [-0.2, -0.15) is 0 Å². The largest absolute Gasteiger partial charge is 0.481 e. The lowest BCUT2D eigenvalue weighted by molar-refractivity contribution is -0.151. The third kappa shape index (κ3) is 3.50. The summed E-state index contributed by atoms with van der Waals surface area (Å²) in [6.07, 6.45) is 0. The van der Waals surface area contributed by atoms with Crippen LogP contribution in [0.4, 0.5) is 0 Å². The van der Waals surface area contributed by atoms with Crippen LogP contribution in [0.5, 0.6) is 0 Å². The van der Waals surface area contributed by atoms with Crippen molar-refractivity contribution in [1.29, 1.82) is 0 Å². The maximum Gasteiger partial charge on any atom is 0.310 e. The summed E-state index contributed by atoms with van der Waals surface area (Å²) >= 11 is 5.54. The summed E-state index contributed by atoms with van der Waals surface area (Å²) < 4.78 is 0. The second kappa shape index (κ2) is 4.99. The first-order valence-electron chi connectivity index (χ1n) is 4.89. The second-order valence-corrected chi connectivity index (χ2v) is 5.08. The molecule has 0 bridgehead atoms. The highest BCUT2D eigenvalue weighted by Gasteiger charge is 2.42. The van der Waals surface area contributed by atoms with E-state index >= 15 is 0 Å². The fourth-order valence-electron chi connectivity index (χ4n) is 0.887. The maximum atomic E-state index is 11.1. The van der Waals surface area contributed by atoms with E-state index in [1.165, 1.54) is 5.54 Å². The molecular weight excluding hydrogens is 214 g/mol. The SMILES string of the molecule is CC(=CCl)CNC(C)(C)C(C)(C)C(=O)O. The number of carboxylic acid groups (broad SMARTS) is 1. The monoisotopic (exact) mass is 233 g/mol. The molecule has 3 nitrogen and oxygen atoms in total. The molecule has 0 amide bonds. The standard InChI is InChI=1S/C11H20ClNO2/c1-8(6-12)7-13-11(4,5)10(2,3)9(14)15/h6,13H,7H2,1-5H3,(H,14,15). The van der Waals surface area contributed by atoms with Gasteiger partial charge in [-0.15, -0.1) is 0 Å². The number of rotatable bonds is 5. The molecule has 15 heavy (non-hydrogen) atoms. The van der Waals surface area contributed by atoms with Crippen LogP contribution in [0.25, 0.3) is 0 Å². The Kier molecular flexibility index (Phi) is 4.81. The lowest BCUT2D eigenvalue weighted by Crippen LogP contribution is -2.55. The van der Waals surface area contributed by atoms with Crippen LogP contribution in [-0.4, -0.2) is 23.2 Å². The molecule has 0 heterocycles. The summed E-state index contributed by atoms with van der Waals surface area (Å²) in [5.41, 5.74) is 1.14. The van der Waals surface area contributed by atoms with Gasteiger partial charge in [0.05, 0.1) is 5.41 Å². The number of hydrogen-bond donors (Lipinski definition) is 2. The highest BCUT2D eigenvalue weighted by molar-refractivity contribution is 6.25. The van der Waals surface area contributed by atoms with Gasteiger partial charge in [-0.1, -0.05) is 11.6 Å². The molecule has 0 radical (unpaired) electrons. The fourth-order valence-corrected chi connectivity index (χ4v) is 0.964. The van der Waals surface area contributed by atoms with Gasteiger partial charge in [0.15, 0.2) is 0 Å². The van der Waals surface area contributed by atoms with E-state index < -0.39 is 16.9 Å². The molecule has 0 aromatic heterocycles. The quantitative estimate of drug-likeness (QED) is 0.768. The Labute approximate surface area is 96.5 Å². The van der Waals surface area contributed by atoms with Crippen LogP contribution in [0.15, 0.2) is 11.1 Å². The van der Waals surface area contributed by atoms with Gasteiger partial charge in [-0.3, -0.25) is 4.79 Å². The highest BCUT2D eigenvalue weighted by Crippen LogP contribution is 2.30. The van der Waals surface area contributed by atoms with E-state index in [1.54, 1.807) is 13.8 Å². The minimum Gasteiger partial charge on any atom is -0.481 e. The van der Waals surface area contributed by atoms with Crippen LogP contribution in [0.1, 0.15) is 34.6 Å². The minimum absolute atomic E-state index is 0.500. The lowest BCUT2D eigenvalue weighted by Gasteiger charge is -2.39. The van der Waals surface area contributed by atoms with E-state index in [9.17, 15) is 4.79 Å².